The van der Waals surface area contributed by atoms with Gasteiger partial charge in [-0.3, -0.25) is 4.98 Å². The van der Waals surface area contributed by atoms with Crippen LogP contribution in [0.4, 0.5) is 0 Å². The molecule has 102 valence electrons. The van der Waals surface area contributed by atoms with Gasteiger partial charge in [0.25, 0.3) is 0 Å². The van der Waals surface area contributed by atoms with E-state index in [0.717, 1.165) is 25.0 Å². The van der Waals surface area contributed by atoms with E-state index in [9.17, 15) is 0 Å². The molecule has 1 aliphatic carbocycles. The summed E-state index contributed by atoms with van der Waals surface area (Å²) < 4.78 is 5.48. The first kappa shape index (κ1) is 12.9. The van der Waals surface area contributed by atoms with Crippen molar-refractivity contribution < 1.29 is 4.74 Å². The van der Waals surface area contributed by atoms with Gasteiger partial charge >= 0.3 is 0 Å². The van der Waals surface area contributed by atoms with Gasteiger partial charge in [-0.25, -0.2) is 0 Å². The van der Waals surface area contributed by atoms with Crippen LogP contribution in [0.25, 0.3) is 5.57 Å². The summed E-state index contributed by atoms with van der Waals surface area (Å²) in [5, 5.41) is 0. The van der Waals surface area contributed by atoms with Crippen molar-refractivity contribution in [3.05, 3.63) is 65.0 Å². The van der Waals surface area contributed by atoms with Crippen LogP contribution in [0.3, 0.4) is 0 Å². The van der Waals surface area contributed by atoms with Crippen molar-refractivity contribution in [1.82, 2.24) is 4.98 Å². The minimum Gasteiger partial charge on any atom is -0.496 e. The standard InChI is InChI=1S/C18H19NO/c1-13-15(12-14-8-10-19-11-9-14)6-7-17-16(13)4-3-5-18(17)20-2/h3-5,8-11H,6-7,12H2,1-2H3. The molecule has 0 fully saturated rings. The lowest BCUT2D eigenvalue weighted by atomic mass is 9.83. The molecule has 1 aromatic heterocycles. The highest BCUT2D eigenvalue weighted by Crippen LogP contribution is 2.37. The predicted octanol–water partition coefficient (Wildman–Crippen LogP) is 4.05. The van der Waals surface area contributed by atoms with Gasteiger partial charge in [0.2, 0.25) is 0 Å². The Kier molecular flexibility index (Phi) is 3.55. The highest BCUT2D eigenvalue weighted by Gasteiger charge is 2.18. The molecule has 0 N–H and O–H groups in total. The van der Waals surface area contributed by atoms with Crippen LogP contribution >= 0.6 is 0 Å². The summed E-state index contributed by atoms with van der Waals surface area (Å²) in [6, 6.07) is 10.5. The second-order valence-electron chi connectivity index (χ2n) is 5.25. The number of rotatable bonds is 3. The average Bonchev–Trinajstić information content (AvgIpc) is 2.51. The number of fused-ring (bicyclic) bond motifs is 1. The summed E-state index contributed by atoms with van der Waals surface area (Å²) in [5.41, 5.74) is 6.96. The Morgan fingerprint density at radius 1 is 1.10 bits per heavy atom. The molecule has 2 heteroatoms. The molecule has 0 saturated carbocycles. The van der Waals surface area contributed by atoms with Gasteiger partial charge in [-0.1, -0.05) is 17.7 Å². The molecule has 0 unspecified atom stereocenters. The van der Waals surface area contributed by atoms with Crippen LogP contribution in [0, 0.1) is 0 Å². The van der Waals surface area contributed by atoms with Gasteiger partial charge in [-0.15, -0.1) is 0 Å². The number of nitrogens with zero attached hydrogens (tertiary/aromatic N) is 1. The molecular formula is C18H19NO. The van der Waals surface area contributed by atoms with Gasteiger partial charge < -0.3 is 4.74 Å². The lowest BCUT2D eigenvalue weighted by Crippen LogP contribution is -2.07. The summed E-state index contributed by atoms with van der Waals surface area (Å²) in [4.78, 5) is 4.08. The summed E-state index contributed by atoms with van der Waals surface area (Å²) in [6.45, 7) is 2.23. The third-order valence-corrected chi connectivity index (χ3v) is 4.13. The molecule has 0 amide bonds. The molecule has 0 atom stereocenters. The lowest BCUT2D eigenvalue weighted by molar-refractivity contribution is 0.409. The zero-order valence-corrected chi connectivity index (χ0v) is 12.0. The smallest absolute Gasteiger partial charge is 0.122 e. The molecule has 20 heavy (non-hydrogen) atoms. The molecule has 0 radical (unpaired) electrons. The lowest BCUT2D eigenvalue weighted by Gasteiger charge is -2.23. The van der Waals surface area contributed by atoms with E-state index in [2.05, 4.69) is 42.2 Å². The third-order valence-electron chi connectivity index (χ3n) is 4.13. The number of benzene rings is 1. The fraction of sp³-hybridized carbons (Fsp3) is 0.278. The molecule has 0 saturated heterocycles. The number of allylic oxidation sites excluding steroid dienone is 2. The van der Waals surface area contributed by atoms with Gasteiger partial charge in [0.1, 0.15) is 5.75 Å². The zero-order valence-electron chi connectivity index (χ0n) is 12.0. The number of methoxy groups -OCH3 is 1. The van der Waals surface area contributed by atoms with Crippen molar-refractivity contribution in [2.45, 2.75) is 26.2 Å². The fourth-order valence-electron chi connectivity index (χ4n) is 2.99. The first-order valence-corrected chi connectivity index (χ1v) is 7.03. The molecule has 1 aromatic carbocycles. The maximum absolute atomic E-state index is 5.48. The topological polar surface area (TPSA) is 22.1 Å². The van der Waals surface area contributed by atoms with Crippen molar-refractivity contribution in [2.24, 2.45) is 0 Å². The molecule has 0 aliphatic heterocycles. The largest absolute Gasteiger partial charge is 0.496 e. The molecular weight excluding hydrogens is 246 g/mol. The molecule has 2 nitrogen and oxygen atoms in total. The van der Waals surface area contributed by atoms with Crippen LogP contribution in [0.1, 0.15) is 30.0 Å². The van der Waals surface area contributed by atoms with Crippen LogP contribution < -0.4 is 4.74 Å². The van der Waals surface area contributed by atoms with Gasteiger partial charge in [-0.05, 0) is 61.1 Å². The Morgan fingerprint density at radius 3 is 2.65 bits per heavy atom. The summed E-state index contributed by atoms with van der Waals surface area (Å²) in [7, 11) is 1.75. The second-order valence-corrected chi connectivity index (χ2v) is 5.25. The minimum absolute atomic E-state index is 1.02. The highest BCUT2D eigenvalue weighted by atomic mass is 16.5. The van der Waals surface area contributed by atoms with E-state index in [-0.39, 0.29) is 0 Å². The number of ether oxygens (including phenoxy) is 1. The molecule has 2 aromatic rings. The molecule has 0 bridgehead atoms. The quantitative estimate of drug-likeness (QED) is 0.835. The molecule has 3 rings (SSSR count). The Balaban J connectivity index is 1.97. The first-order chi connectivity index (χ1) is 9.79. The van der Waals surface area contributed by atoms with Crippen LogP contribution in [0.15, 0.2) is 48.3 Å². The van der Waals surface area contributed by atoms with E-state index in [1.807, 2.05) is 12.4 Å². The minimum atomic E-state index is 1.02. The third kappa shape index (κ3) is 2.34. The number of aromatic nitrogens is 1. The molecule has 1 aliphatic rings. The van der Waals surface area contributed by atoms with E-state index in [4.69, 9.17) is 4.74 Å². The predicted molar refractivity (Wildman–Crippen MR) is 81.9 cm³/mol. The number of hydrogen-bond donors (Lipinski definition) is 0. The highest BCUT2D eigenvalue weighted by molar-refractivity contribution is 5.73. The summed E-state index contributed by atoms with van der Waals surface area (Å²) in [6.07, 6.45) is 6.93. The SMILES string of the molecule is COc1cccc2c1CCC(Cc1ccncc1)=C2C. The van der Waals surface area contributed by atoms with Crippen LogP contribution in [-0.4, -0.2) is 12.1 Å². The average molecular weight is 265 g/mol. The van der Waals surface area contributed by atoms with Gasteiger partial charge in [0.15, 0.2) is 0 Å². The Hall–Kier alpha value is -2.09. The Labute approximate surface area is 120 Å². The van der Waals surface area contributed by atoms with E-state index in [0.29, 0.717) is 0 Å². The van der Waals surface area contributed by atoms with E-state index in [1.54, 1.807) is 7.11 Å². The maximum atomic E-state index is 5.48. The first-order valence-electron chi connectivity index (χ1n) is 7.03. The normalized spacial score (nSPS) is 14.1. The van der Waals surface area contributed by atoms with Crippen molar-refractivity contribution in [1.29, 1.82) is 0 Å². The fourth-order valence-corrected chi connectivity index (χ4v) is 2.99. The van der Waals surface area contributed by atoms with E-state index >= 15 is 0 Å². The van der Waals surface area contributed by atoms with Crippen molar-refractivity contribution in [2.75, 3.05) is 7.11 Å². The zero-order chi connectivity index (χ0) is 13.9. The summed E-state index contributed by atoms with van der Waals surface area (Å²) >= 11 is 0. The van der Waals surface area contributed by atoms with Gasteiger partial charge in [0.05, 0.1) is 7.11 Å². The second kappa shape index (κ2) is 5.49. The van der Waals surface area contributed by atoms with Crippen molar-refractivity contribution in [3.8, 4) is 5.75 Å². The van der Waals surface area contributed by atoms with E-state index < -0.39 is 0 Å². The van der Waals surface area contributed by atoms with Crippen molar-refractivity contribution >= 4 is 5.57 Å². The monoisotopic (exact) mass is 265 g/mol. The Morgan fingerprint density at radius 2 is 1.90 bits per heavy atom. The maximum Gasteiger partial charge on any atom is 0.122 e. The van der Waals surface area contributed by atoms with Crippen LogP contribution in [0.5, 0.6) is 5.75 Å². The molecule has 0 spiro atoms. The van der Waals surface area contributed by atoms with E-state index in [1.165, 1.54) is 27.8 Å². The Bertz CT molecular complexity index is 644. The van der Waals surface area contributed by atoms with Gasteiger partial charge in [0, 0.05) is 18.0 Å². The van der Waals surface area contributed by atoms with Crippen molar-refractivity contribution in [3.63, 3.8) is 0 Å². The summed E-state index contributed by atoms with van der Waals surface area (Å²) in [5.74, 6) is 1.02. The van der Waals surface area contributed by atoms with Gasteiger partial charge in [-0.2, -0.15) is 0 Å². The molecule has 1 heterocycles. The number of pyridine rings is 1. The van der Waals surface area contributed by atoms with Crippen LogP contribution in [-0.2, 0) is 12.8 Å². The van der Waals surface area contributed by atoms with Crippen LogP contribution in [0.2, 0.25) is 0 Å². The number of hydrogen-bond acceptors (Lipinski definition) is 2.